The fraction of sp³-hybridized carbons (Fsp3) is 0. The molecule has 2 nitrogen and oxygen atoms in total. The Kier molecular flexibility index (Phi) is 4.31. The van der Waals surface area contributed by atoms with Crippen LogP contribution in [0.5, 0.6) is 0 Å². The lowest BCUT2D eigenvalue weighted by Gasteiger charge is -2.00. The maximum Gasteiger partial charge on any atom is 0.255 e. The summed E-state index contributed by atoms with van der Waals surface area (Å²) in [5.41, 5.74) is 1.67. The minimum absolute atomic E-state index is 0.112. The van der Waals surface area contributed by atoms with E-state index in [0.717, 1.165) is 10.0 Å². The van der Waals surface area contributed by atoms with Crippen molar-refractivity contribution in [2.24, 2.45) is 0 Å². The van der Waals surface area contributed by atoms with Crippen molar-refractivity contribution in [2.75, 3.05) is 0 Å². The molecule has 90 valence electrons. The molecule has 3 heteroatoms. The molecule has 1 N–H and O–H groups in total. The van der Waals surface area contributed by atoms with Crippen LogP contribution in [0.4, 0.5) is 0 Å². The summed E-state index contributed by atoms with van der Waals surface area (Å²) in [5.74, 6) is -0.112. The summed E-state index contributed by atoms with van der Waals surface area (Å²) < 4.78 is 0.996. The minimum atomic E-state index is -0.112. The summed E-state index contributed by atoms with van der Waals surface area (Å²) in [6.07, 6.45) is 3.50. The highest BCUT2D eigenvalue weighted by Gasteiger charge is 2.00. The van der Waals surface area contributed by atoms with Gasteiger partial charge < -0.3 is 5.32 Å². The molecular formula is C15H12BrNO. The second-order valence-electron chi connectivity index (χ2n) is 3.69. The predicted molar refractivity (Wildman–Crippen MR) is 77.1 cm³/mol. The van der Waals surface area contributed by atoms with E-state index in [4.69, 9.17) is 0 Å². The van der Waals surface area contributed by atoms with Crippen molar-refractivity contribution in [2.45, 2.75) is 0 Å². The van der Waals surface area contributed by atoms with E-state index in [2.05, 4.69) is 21.2 Å². The third-order valence-electron chi connectivity index (χ3n) is 2.42. The molecular weight excluding hydrogens is 290 g/mol. The Bertz CT molecular complexity index is 564. The van der Waals surface area contributed by atoms with Crippen LogP contribution in [0.25, 0.3) is 6.08 Å². The highest BCUT2D eigenvalue weighted by molar-refractivity contribution is 9.10. The lowest BCUT2D eigenvalue weighted by Crippen LogP contribution is -2.16. The first-order valence-electron chi connectivity index (χ1n) is 5.54. The van der Waals surface area contributed by atoms with Crippen LogP contribution in [-0.4, -0.2) is 5.91 Å². The van der Waals surface area contributed by atoms with Gasteiger partial charge in [-0.1, -0.05) is 52.3 Å². The molecule has 0 spiro atoms. The summed E-state index contributed by atoms with van der Waals surface area (Å²) in [6, 6.07) is 16.9. The van der Waals surface area contributed by atoms with Crippen molar-refractivity contribution < 1.29 is 4.79 Å². The first-order chi connectivity index (χ1) is 8.77. The molecule has 2 rings (SSSR count). The van der Waals surface area contributed by atoms with Gasteiger partial charge in [0, 0.05) is 16.2 Å². The van der Waals surface area contributed by atoms with Crippen molar-refractivity contribution in [3.63, 3.8) is 0 Å². The van der Waals surface area contributed by atoms with Gasteiger partial charge in [0.15, 0.2) is 0 Å². The van der Waals surface area contributed by atoms with Gasteiger partial charge in [-0.15, -0.1) is 0 Å². The van der Waals surface area contributed by atoms with E-state index in [1.165, 1.54) is 0 Å². The first kappa shape index (κ1) is 12.6. The van der Waals surface area contributed by atoms with E-state index in [9.17, 15) is 4.79 Å². The molecule has 0 bridgehead atoms. The van der Waals surface area contributed by atoms with Crippen molar-refractivity contribution in [3.05, 3.63) is 76.4 Å². The van der Waals surface area contributed by atoms with Crippen LogP contribution in [0.2, 0.25) is 0 Å². The second kappa shape index (κ2) is 6.17. The Labute approximate surface area is 114 Å². The number of carbonyl (C=O) groups is 1. The lowest BCUT2D eigenvalue weighted by atomic mass is 10.2. The van der Waals surface area contributed by atoms with Gasteiger partial charge in [-0.25, -0.2) is 0 Å². The number of amides is 1. The van der Waals surface area contributed by atoms with Crippen LogP contribution in [0.1, 0.15) is 15.9 Å². The van der Waals surface area contributed by atoms with Crippen LogP contribution in [0.3, 0.4) is 0 Å². The number of benzene rings is 2. The number of hydrogen-bond acceptors (Lipinski definition) is 1. The monoisotopic (exact) mass is 301 g/mol. The molecule has 0 aliphatic heterocycles. The van der Waals surface area contributed by atoms with E-state index in [0.29, 0.717) is 5.56 Å². The van der Waals surface area contributed by atoms with E-state index in [1.54, 1.807) is 18.3 Å². The molecule has 0 heterocycles. The zero-order chi connectivity index (χ0) is 12.8. The number of halogens is 1. The number of carbonyl (C=O) groups excluding carboxylic acids is 1. The molecule has 2 aromatic rings. The summed E-state index contributed by atoms with van der Waals surface area (Å²) in [5, 5.41) is 2.73. The molecule has 0 atom stereocenters. The van der Waals surface area contributed by atoms with Gasteiger partial charge in [0.2, 0.25) is 0 Å². The number of rotatable bonds is 3. The maximum absolute atomic E-state index is 11.7. The van der Waals surface area contributed by atoms with Crippen molar-refractivity contribution >= 4 is 27.9 Å². The third-order valence-corrected chi connectivity index (χ3v) is 3.14. The van der Waals surface area contributed by atoms with Crippen LogP contribution in [0, 0.1) is 0 Å². The fourth-order valence-electron chi connectivity index (χ4n) is 1.49. The SMILES string of the molecule is O=C(N/C=C/c1ccccc1Br)c1ccccc1. The molecule has 18 heavy (non-hydrogen) atoms. The molecule has 0 radical (unpaired) electrons. The first-order valence-corrected chi connectivity index (χ1v) is 6.33. The van der Waals surface area contributed by atoms with Gasteiger partial charge in [-0.2, -0.15) is 0 Å². The Morgan fingerprint density at radius 2 is 1.67 bits per heavy atom. The molecule has 1 amide bonds. The molecule has 2 aromatic carbocycles. The zero-order valence-electron chi connectivity index (χ0n) is 9.64. The van der Waals surface area contributed by atoms with Crippen LogP contribution in [0.15, 0.2) is 65.3 Å². The predicted octanol–water partition coefficient (Wildman–Crippen LogP) is 3.85. The highest BCUT2D eigenvalue weighted by Crippen LogP contribution is 2.16. The Hall–Kier alpha value is -1.87. The Balaban J connectivity index is 2.00. The topological polar surface area (TPSA) is 29.1 Å². The Morgan fingerprint density at radius 1 is 1.00 bits per heavy atom. The second-order valence-corrected chi connectivity index (χ2v) is 4.55. The van der Waals surface area contributed by atoms with Gasteiger partial charge in [0.05, 0.1) is 0 Å². The summed E-state index contributed by atoms with van der Waals surface area (Å²) >= 11 is 3.44. The number of nitrogens with one attached hydrogen (secondary N) is 1. The molecule has 0 aliphatic carbocycles. The standard InChI is InChI=1S/C15H12BrNO/c16-14-9-5-4-6-12(14)10-11-17-15(18)13-7-2-1-3-8-13/h1-11H,(H,17,18)/b11-10+. The van der Waals surface area contributed by atoms with Crippen molar-refractivity contribution in [3.8, 4) is 0 Å². The fourth-order valence-corrected chi connectivity index (χ4v) is 1.91. The van der Waals surface area contributed by atoms with Crippen molar-refractivity contribution in [1.29, 1.82) is 0 Å². The van der Waals surface area contributed by atoms with E-state index < -0.39 is 0 Å². The Morgan fingerprint density at radius 3 is 2.39 bits per heavy atom. The van der Waals surface area contributed by atoms with Crippen LogP contribution in [-0.2, 0) is 0 Å². The average molecular weight is 302 g/mol. The van der Waals surface area contributed by atoms with Crippen LogP contribution < -0.4 is 5.32 Å². The number of hydrogen-bond donors (Lipinski definition) is 1. The lowest BCUT2D eigenvalue weighted by molar-refractivity contribution is 0.0970. The van der Waals surface area contributed by atoms with Gasteiger partial charge in [-0.05, 0) is 29.8 Å². The average Bonchev–Trinajstić information content (AvgIpc) is 2.42. The molecule has 0 saturated heterocycles. The largest absolute Gasteiger partial charge is 0.329 e. The molecule has 0 fully saturated rings. The maximum atomic E-state index is 11.7. The quantitative estimate of drug-likeness (QED) is 0.916. The molecule has 0 saturated carbocycles. The normalized spacial score (nSPS) is 10.5. The van der Waals surface area contributed by atoms with E-state index in [-0.39, 0.29) is 5.91 Å². The molecule has 0 aliphatic rings. The van der Waals surface area contributed by atoms with E-state index >= 15 is 0 Å². The van der Waals surface area contributed by atoms with Crippen molar-refractivity contribution in [1.82, 2.24) is 5.32 Å². The zero-order valence-corrected chi connectivity index (χ0v) is 11.2. The summed E-state index contributed by atoms with van der Waals surface area (Å²) in [4.78, 5) is 11.7. The minimum Gasteiger partial charge on any atom is -0.329 e. The highest BCUT2D eigenvalue weighted by atomic mass is 79.9. The van der Waals surface area contributed by atoms with Gasteiger partial charge >= 0.3 is 0 Å². The van der Waals surface area contributed by atoms with Gasteiger partial charge in [-0.3, -0.25) is 4.79 Å². The van der Waals surface area contributed by atoms with E-state index in [1.807, 2.05) is 48.5 Å². The summed E-state index contributed by atoms with van der Waals surface area (Å²) in [6.45, 7) is 0. The van der Waals surface area contributed by atoms with Gasteiger partial charge in [0.25, 0.3) is 5.91 Å². The third kappa shape index (κ3) is 3.31. The molecule has 0 unspecified atom stereocenters. The molecule has 0 aromatic heterocycles. The smallest absolute Gasteiger partial charge is 0.255 e. The van der Waals surface area contributed by atoms with Gasteiger partial charge in [0.1, 0.15) is 0 Å². The summed E-state index contributed by atoms with van der Waals surface area (Å²) in [7, 11) is 0. The van der Waals surface area contributed by atoms with Crippen LogP contribution >= 0.6 is 15.9 Å².